The van der Waals surface area contributed by atoms with Crippen LogP contribution in [0.4, 0.5) is 13.2 Å². The Labute approximate surface area is 103 Å². The number of alkyl halides is 3. The molecule has 0 atom stereocenters. The van der Waals surface area contributed by atoms with E-state index >= 15 is 0 Å². The molecule has 3 nitrogen and oxygen atoms in total. The number of hydrogen-bond acceptors (Lipinski definition) is 2. The summed E-state index contributed by atoms with van der Waals surface area (Å²) in [5.74, 6) is -0.307. The number of amides is 1. The van der Waals surface area contributed by atoms with Gasteiger partial charge in [0.2, 0.25) is 0 Å². The van der Waals surface area contributed by atoms with E-state index in [1.807, 2.05) is 0 Å². The zero-order chi connectivity index (χ0) is 13.6. The van der Waals surface area contributed by atoms with Crippen molar-refractivity contribution in [2.75, 3.05) is 6.54 Å². The molecule has 2 N–H and O–H groups in total. The highest BCUT2D eigenvalue weighted by atomic mass is 19.4. The van der Waals surface area contributed by atoms with Crippen LogP contribution >= 0.6 is 0 Å². The third-order valence-corrected chi connectivity index (χ3v) is 2.30. The van der Waals surface area contributed by atoms with Gasteiger partial charge in [0, 0.05) is 18.5 Å². The molecule has 1 aromatic rings. The number of halogens is 3. The fourth-order valence-electron chi connectivity index (χ4n) is 1.37. The van der Waals surface area contributed by atoms with Gasteiger partial charge in [0.05, 0.1) is 0 Å². The van der Waals surface area contributed by atoms with Crippen LogP contribution in [0.25, 0.3) is 0 Å². The number of rotatable bonds is 5. The first-order valence-electron chi connectivity index (χ1n) is 5.52. The Bertz CT molecular complexity index is 387. The first-order chi connectivity index (χ1) is 8.38. The minimum atomic E-state index is -4.14. The third-order valence-electron chi connectivity index (χ3n) is 2.30. The third kappa shape index (κ3) is 5.56. The number of phenols is 1. The van der Waals surface area contributed by atoms with Crippen molar-refractivity contribution in [2.24, 2.45) is 0 Å². The monoisotopic (exact) mass is 261 g/mol. The number of benzene rings is 1. The number of hydrogen-bond donors (Lipinski definition) is 2. The van der Waals surface area contributed by atoms with Gasteiger partial charge in [-0.1, -0.05) is 0 Å². The number of phenolic OH excluding ortho intramolecular Hbond substituents is 1. The number of aromatic hydroxyl groups is 1. The Hall–Kier alpha value is -1.72. The molecule has 1 amide bonds. The maximum absolute atomic E-state index is 11.8. The number of carbonyl (C=O) groups is 1. The summed E-state index contributed by atoms with van der Waals surface area (Å²) in [7, 11) is 0. The van der Waals surface area contributed by atoms with Crippen LogP contribution in [-0.2, 0) is 0 Å². The SMILES string of the molecule is O=C(NCCCCC(F)(F)F)c1ccc(O)cc1. The normalized spacial score (nSPS) is 11.3. The first kappa shape index (κ1) is 14.3. The molecule has 0 saturated carbocycles. The highest BCUT2D eigenvalue weighted by Gasteiger charge is 2.25. The summed E-state index contributed by atoms with van der Waals surface area (Å²) in [5.41, 5.74) is 0.364. The van der Waals surface area contributed by atoms with Gasteiger partial charge in [-0.2, -0.15) is 13.2 Å². The fourth-order valence-corrected chi connectivity index (χ4v) is 1.37. The molecule has 0 saturated heterocycles. The smallest absolute Gasteiger partial charge is 0.389 e. The molecule has 0 heterocycles. The molecule has 1 rings (SSSR count). The van der Waals surface area contributed by atoms with E-state index < -0.39 is 12.6 Å². The van der Waals surface area contributed by atoms with Crippen molar-refractivity contribution in [1.82, 2.24) is 5.32 Å². The molecule has 6 heteroatoms. The van der Waals surface area contributed by atoms with E-state index in [-0.39, 0.29) is 31.0 Å². The lowest BCUT2D eigenvalue weighted by Crippen LogP contribution is -2.24. The van der Waals surface area contributed by atoms with Crippen LogP contribution in [0.3, 0.4) is 0 Å². The summed E-state index contributed by atoms with van der Waals surface area (Å²) < 4.78 is 35.5. The van der Waals surface area contributed by atoms with Crippen LogP contribution in [0.2, 0.25) is 0 Å². The van der Waals surface area contributed by atoms with Gasteiger partial charge >= 0.3 is 6.18 Å². The Morgan fingerprint density at radius 2 is 1.78 bits per heavy atom. The zero-order valence-electron chi connectivity index (χ0n) is 9.63. The van der Waals surface area contributed by atoms with Gasteiger partial charge < -0.3 is 10.4 Å². The van der Waals surface area contributed by atoms with E-state index in [9.17, 15) is 18.0 Å². The molecule has 0 spiro atoms. The lowest BCUT2D eigenvalue weighted by Gasteiger charge is -2.07. The van der Waals surface area contributed by atoms with Crippen molar-refractivity contribution < 1.29 is 23.1 Å². The van der Waals surface area contributed by atoms with Crippen molar-refractivity contribution >= 4 is 5.91 Å². The van der Waals surface area contributed by atoms with Gasteiger partial charge in [-0.05, 0) is 37.1 Å². The highest BCUT2D eigenvalue weighted by molar-refractivity contribution is 5.94. The molecule has 0 aromatic heterocycles. The van der Waals surface area contributed by atoms with Crippen molar-refractivity contribution in [3.05, 3.63) is 29.8 Å². The first-order valence-corrected chi connectivity index (χ1v) is 5.52. The van der Waals surface area contributed by atoms with Gasteiger partial charge in [0.25, 0.3) is 5.91 Å². The molecular formula is C12H14F3NO2. The second-order valence-corrected chi connectivity index (χ2v) is 3.88. The van der Waals surface area contributed by atoms with E-state index in [4.69, 9.17) is 5.11 Å². The molecule has 0 radical (unpaired) electrons. The van der Waals surface area contributed by atoms with Crippen LogP contribution in [-0.4, -0.2) is 23.7 Å². The molecule has 0 unspecified atom stereocenters. The topological polar surface area (TPSA) is 49.3 Å². The average Bonchev–Trinajstić information content (AvgIpc) is 2.27. The van der Waals surface area contributed by atoms with Crippen LogP contribution in [0.5, 0.6) is 5.75 Å². The van der Waals surface area contributed by atoms with Crippen LogP contribution in [0.1, 0.15) is 29.6 Å². The predicted molar refractivity (Wildman–Crippen MR) is 60.3 cm³/mol. The van der Waals surface area contributed by atoms with Gasteiger partial charge in [-0.3, -0.25) is 4.79 Å². The number of unbranched alkanes of at least 4 members (excludes halogenated alkanes) is 1. The van der Waals surface area contributed by atoms with Gasteiger partial charge in [0.1, 0.15) is 5.75 Å². The summed E-state index contributed by atoms with van der Waals surface area (Å²) in [5, 5.41) is 11.5. The lowest BCUT2D eigenvalue weighted by atomic mass is 10.2. The standard InChI is InChI=1S/C12H14F3NO2/c13-12(14,15)7-1-2-8-16-11(18)9-3-5-10(17)6-4-9/h3-6,17H,1-2,7-8H2,(H,16,18). The molecule has 0 aliphatic carbocycles. The van der Waals surface area contributed by atoms with Crippen molar-refractivity contribution in [3.63, 3.8) is 0 Å². The maximum Gasteiger partial charge on any atom is 0.389 e. The maximum atomic E-state index is 11.8. The minimum Gasteiger partial charge on any atom is -0.508 e. The van der Waals surface area contributed by atoms with E-state index in [0.29, 0.717) is 5.56 Å². The number of carbonyl (C=O) groups excluding carboxylic acids is 1. The van der Waals surface area contributed by atoms with Crippen LogP contribution in [0, 0.1) is 0 Å². The Balaban J connectivity index is 2.24. The molecule has 100 valence electrons. The van der Waals surface area contributed by atoms with E-state index in [0.717, 1.165) is 0 Å². The second kappa shape index (κ2) is 6.28. The molecule has 0 bridgehead atoms. The summed E-state index contributed by atoms with van der Waals surface area (Å²) in [6.07, 6.45) is -4.69. The van der Waals surface area contributed by atoms with Crippen molar-refractivity contribution in [1.29, 1.82) is 0 Å². The summed E-state index contributed by atoms with van der Waals surface area (Å²) in [6.45, 7) is 0.204. The lowest BCUT2D eigenvalue weighted by molar-refractivity contribution is -0.135. The summed E-state index contributed by atoms with van der Waals surface area (Å²) in [6, 6.07) is 5.64. The van der Waals surface area contributed by atoms with Crippen LogP contribution < -0.4 is 5.32 Å². The molecule has 1 aromatic carbocycles. The van der Waals surface area contributed by atoms with E-state index in [1.54, 1.807) is 0 Å². The second-order valence-electron chi connectivity index (χ2n) is 3.88. The molecule has 0 aliphatic rings. The quantitative estimate of drug-likeness (QED) is 0.801. The van der Waals surface area contributed by atoms with E-state index in [1.165, 1.54) is 24.3 Å². The van der Waals surface area contributed by atoms with Gasteiger partial charge in [0.15, 0.2) is 0 Å². The van der Waals surface area contributed by atoms with Crippen LogP contribution in [0.15, 0.2) is 24.3 Å². The summed E-state index contributed by atoms with van der Waals surface area (Å²) >= 11 is 0. The molecule has 0 aliphatic heterocycles. The van der Waals surface area contributed by atoms with Crippen molar-refractivity contribution in [2.45, 2.75) is 25.4 Å². The molecular weight excluding hydrogens is 247 g/mol. The summed E-state index contributed by atoms with van der Waals surface area (Å²) in [4.78, 5) is 11.5. The number of nitrogens with one attached hydrogen (secondary N) is 1. The minimum absolute atomic E-state index is 0.000637. The van der Waals surface area contributed by atoms with Gasteiger partial charge in [-0.15, -0.1) is 0 Å². The predicted octanol–water partition coefficient (Wildman–Crippen LogP) is 2.85. The fraction of sp³-hybridized carbons (Fsp3) is 0.417. The average molecular weight is 261 g/mol. The Morgan fingerprint density at radius 3 is 2.33 bits per heavy atom. The molecule has 0 fully saturated rings. The van der Waals surface area contributed by atoms with Gasteiger partial charge in [-0.25, -0.2) is 0 Å². The highest BCUT2D eigenvalue weighted by Crippen LogP contribution is 2.21. The zero-order valence-corrected chi connectivity index (χ0v) is 9.63. The van der Waals surface area contributed by atoms with E-state index in [2.05, 4.69) is 5.32 Å². The Morgan fingerprint density at radius 1 is 1.17 bits per heavy atom. The largest absolute Gasteiger partial charge is 0.508 e. The Kier molecular flexibility index (Phi) is 5.00. The molecule has 18 heavy (non-hydrogen) atoms. The van der Waals surface area contributed by atoms with Crippen molar-refractivity contribution in [3.8, 4) is 5.75 Å².